The van der Waals surface area contributed by atoms with Gasteiger partial charge in [-0.25, -0.2) is 0 Å². The first-order valence-electron chi connectivity index (χ1n) is 1.87. The maximum absolute atomic E-state index is 5.43. The van der Waals surface area contributed by atoms with Gasteiger partial charge >= 0.3 is 0 Å². The largest absolute Gasteiger partial charge is 0.183 e. The van der Waals surface area contributed by atoms with Crippen LogP contribution in [-0.4, -0.2) is 10.2 Å². The molecule has 0 aromatic carbocycles. The van der Waals surface area contributed by atoms with E-state index in [1.54, 1.807) is 0 Å². The monoisotopic (exact) mass is 212 g/mol. The third-order valence-corrected chi connectivity index (χ3v) is 2.32. The molecule has 8 heavy (non-hydrogen) atoms. The summed E-state index contributed by atoms with van der Waals surface area (Å²) in [7, 11) is 0. The van der Waals surface area contributed by atoms with Gasteiger partial charge < -0.3 is 0 Å². The predicted molar refractivity (Wildman–Crippen MR) is 37.2 cm³/mol. The average Bonchev–Trinajstić information content (AvgIpc) is 2.14. The van der Waals surface area contributed by atoms with Gasteiger partial charge in [0, 0.05) is 0 Å². The zero-order valence-electron chi connectivity index (χ0n) is 3.77. The number of nitrogens with zero attached hydrogens (tertiary/aromatic N) is 2. The fraction of sp³-hybridized carbons (Fsp3) is 0.333. The topological polar surface area (TPSA) is 25.8 Å². The van der Waals surface area contributed by atoms with Gasteiger partial charge in [-0.15, -0.1) is 21.8 Å². The van der Waals surface area contributed by atoms with Gasteiger partial charge in [0.25, 0.3) is 0 Å². The third kappa shape index (κ3) is 1.40. The van der Waals surface area contributed by atoms with Crippen LogP contribution in [0, 0.1) is 0 Å². The summed E-state index contributed by atoms with van der Waals surface area (Å²) in [5.74, 6) is 0.448. The molecule has 0 amide bonds. The summed E-state index contributed by atoms with van der Waals surface area (Å²) in [6.45, 7) is 0. The minimum absolute atomic E-state index is 0.448. The van der Waals surface area contributed by atoms with E-state index in [2.05, 4.69) is 26.1 Å². The first kappa shape index (κ1) is 6.45. The molecule has 0 fully saturated rings. The van der Waals surface area contributed by atoms with Crippen molar-refractivity contribution in [2.45, 2.75) is 5.88 Å². The fourth-order valence-corrected chi connectivity index (χ4v) is 1.56. The standard InChI is InChI=1S/C3H2BrClN2S/c4-3-7-6-2(1-5)8-3/h1H2. The van der Waals surface area contributed by atoms with Gasteiger partial charge in [0.05, 0.1) is 5.88 Å². The molecule has 0 saturated carbocycles. The maximum atomic E-state index is 5.43. The van der Waals surface area contributed by atoms with Gasteiger partial charge in [-0.1, -0.05) is 11.3 Å². The maximum Gasteiger partial charge on any atom is 0.183 e. The average molecular weight is 213 g/mol. The molecular weight excluding hydrogens is 211 g/mol. The normalized spacial score (nSPS) is 9.75. The molecule has 44 valence electrons. The van der Waals surface area contributed by atoms with Crippen molar-refractivity contribution >= 4 is 38.9 Å². The first-order chi connectivity index (χ1) is 3.83. The molecule has 1 heterocycles. The number of hydrogen-bond acceptors (Lipinski definition) is 3. The van der Waals surface area contributed by atoms with Crippen LogP contribution in [0.15, 0.2) is 3.92 Å². The zero-order valence-corrected chi connectivity index (χ0v) is 6.92. The number of rotatable bonds is 1. The van der Waals surface area contributed by atoms with Crippen LogP contribution in [0.2, 0.25) is 0 Å². The van der Waals surface area contributed by atoms with Gasteiger partial charge in [0.15, 0.2) is 3.92 Å². The van der Waals surface area contributed by atoms with Gasteiger partial charge in [-0.3, -0.25) is 0 Å². The van der Waals surface area contributed by atoms with Crippen LogP contribution in [0.25, 0.3) is 0 Å². The Bertz CT molecular complexity index is 178. The van der Waals surface area contributed by atoms with E-state index in [-0.39, 0.29) is 0 Å². The molecule has 0 radical (unpaired) electrons. The van der Waals surface area contributed by atoms with E-state index >= 15 is 0 Å². The van der Waals surface area contributed by atoms with Gasteiger partial charge in [0.2, 0.25) is 0 Å². The highest BCUT2D eigenvalue weighted by molar-refractivity contribution is 9.11. The molecule has 0 aliphatic heterocycles. The molecular formula is C3H2BrClN2S. The lowest BCUT2D eigenvalue weighted by molar-refractivity contribution is 1.02. The Labute approximate surface area is 64.0 Å². The Balaban J connectivity index is 2.84. The van der Waals surface area contributed by atoms with Gasteiger partial charge in [-0.05, 0) is 15.9 Å². The summed E-state index contributed by atoms with van der Waals surface area (Å²) >= 11 is 10.0. The van der Waals surface area contributed by atoms with Crippen molar-refractivity contribution in [2.24, 2.45) is 0 Å². The van der Waals surface area contributed by atoms with Crippen LogP contribution in [0.3, 0.4) is 0 Å². The van der Waals surface area contributed by atoms with Crippen molar-refractivity contribution in [3.63, 3.8) is 0 Å². The highest BCUT2D eigenvalue weighted by Gasteiger charge is 1.96. The van der Waals surface area contributed by atoms with Crippen LogP contribution in [0.5, 0.6) is 0 Å². The Morgan fingerprint density at radius 2 is 2.38 bits per heavy atom. The number of alkyl halides is 1. The second kappa shape index (κ2) is 2.75. The molecule has 0 unspecified atom stereocenters. The summed E-state index contributed by atoms with van der Waals surface area (Å²) in [4.78, 5) is 0. The molecule has 0 N–H and O–H groups in total. The molecule has 0 spiro atoms. The summed E-state index contributed by atoms with van der Waals surface area (Å²) in [5.41, 5.74) is 0. The SMILES string of the molecule is ClCc1nnc(Br)s1. The van der Waals surface area contributed by atoms with E-state index < -0.39 is 0 Å². The minimum atomic E-state index is 0.448. The summed E-state index contributed by atoms with van der Waals surface area (Å²) < 4.78 is 0.785. The summed E-state index contributed by atoms with van der Waals surface area (Å²) in [6, 6.07) is 0. The molecule has 2 nitrogen and oxygen atoms in total. The highest BCUT2D eigenvalue weighted by atomic mass is 79.9. The van der Waals surface area contributed by atoms with Gasteiger partial charge in [0.1, 0.15) is 5.01 Å². The number of aromatic nitrogens is 2. The Kier molecular flexibility index (Phi) is 2.22. The molecule has 0 aliphatic carbocycles. The Hall–Kier alpha value is 0.330. The van der Waals surface area contributed by atoms with Crippen molar-refractivity contribution in [1.82, 2.24) is 10.2 Å². The lowest BCUT2D eigenvalue weighted by atomic mass is 10.9. The van der Waals surface area contributed by atoms with E-state index in [0.717, 1.165) is 8.92 Å². The molecule has 0 aliphatic rings. The first-order valence-corrected chi connectivity index (χ1v) is 4.01. The van der Waals surface area contributed by atoms with E-state index in [9.17, 15) is 0 Å². The summed E-state index contributed by atoms with van der Waals surface area (Å²) in [6.07, 6.45) is 0. The lowest BCUT2D eigenvalue weighted by Crippen LogP contribution is -1.72. The molecule has 0 saturated heterocycles. The van der Waals surface area contributed by atoms with Crippen LogP contribution < -0.4 is 0 Å². The van der Waals surface area contributed by atoms with Gasteiger partial charge in [-0.2, -0.15) is 0 Å². The zero-order chi connectivity index (χ0) is 5.98. The second-order valence-corrected chi connectivity index (χ2v) is 3.69. The summed E-state index contributed by atoms with van der Waals surface area (Å²) in [5, 5.41) is 8.26. The van der Waals surface area contributed by atoms with Crippen molar-refractivity contribution in [3.05, 3.63) is 8.92 Å². The van der Waals surface area contributed by atoms with Crippen molar-refractivity contribution in [3.8, 4) is 0 Å². The highest BCUT2D eigenvalue weighted by Crippen LogP contribution is 2.16. The molecule has 1 aromatic heterocycles. The third-order valence-electron chi connectivity index (χ3n) is 0.557. The minimum Gasteiger partial charge on any atom is -0.141 e. The molecule has 5 heteroatoms. The lowest BCUT2D eigenvalue weighted by Gasteiger charge is -1.73. The van der Waals surface area contributed by atoms with Crippen molar-refractivity contribution < 1.29 is 0 Å². The van der Waals surface area contributed by atoms with Crippen LogP contribution in [0.4, 0.5) is 0 Å². The quantitative estimate of drug-likeness (QED) is 0.667. The van der Waals surface area contributed by atoms with Crippen LogP contribution >= 0.6 is 38.9 Å². The Morgan fingerprint density at radius 1 is 1.62 bits per heavy atom. The van der Waals surface area contributed by atoms with E-state index in [1.807, 2.05) is 0 Å². The molecule has 0 bridgehead atoms. The molecule has 0 atom stereocenters. The van der Waals surface area contributed by atoms with E-state index in [4.69, 9.17) is 11.6 Å². The van der Waals surface area contributed by atoms with Crippen molar-refractivity contribution in [2.75, 3.05) is 0 Å². The number of hydrogen-bond donors (Lipinski definition) is 0. The van der Waals surface area contributed by atoms with E-state index in [0.29, 0.717) is 5.88 Å². The molecule has 1 rings (SSSR count). The number of halogens is 2. The van der Waals surface area contributed by atoms with Crippen molar-refractivity contribution in [1.29, 1.82) is 0 Å². The van der Waals surface area contributed by atoms with Crippen LogP contribution in [0.1, 0.15) is 5.01 Å². The predicted octanol–water partition coefficient (Wildman–Crippen LogP) is 2.04. The molecule has 1 aromatic rings. The fourth-order valence-electron chi connectivity index (χ4n) is 0.287. The van der Waals surface area contributed by atoms with E-state index in [1.165, 1.54) is 11.3 Å². The van der Waals surface area contributed by atoms with Crippen LogP contribution in [-0.2, 0) is 5.88 Å². The Morgan fingerprint density at radius 3 is 2.62 bits per heavy atom. The smallest absolute Gasteiger partial charge is 0.141 e. The second-order valence-electron chi connectivity index (χ2n) is 1.08.